The van der Waals surface area contributed by atoms with Crippen LogP contribution in [0.2, 0.25) is 0 Å². The first kappa shape index (κ1) is 18.2. The monoisotopic (exact) mass is 345 g/mol. The normalized spacial score (nSPS) is 23.5. The molecule has 0 radical (unpaired) electrons. The lowest BCUT2D eigenvalue weighted by molar-refractivity contribution is -0.0382. The summed E-state index contributed by atoms with van der Waals surface area (Å²) in [6.07, 6.45) is 6.38. The van der Waals surface area contributed by atoms with Crippen molar-refractivity contribution < 1.29 is 18.9 Å². The standard InChI is InChI=1S/C20H27NO4/c1-15(2)23-10-11-24-20(8-9-20)7-6-16-4-5-17(14-21-16)25-19-12-18(13-19)22-3/h4-5,14-15,18-19H,8-13H2,1-3H3. The molecule has 1 aromatic rings. The number of rotatable bonds is 8. The van der Waals surface area contributed by atoms with Crippen molar-refractivity contribution in [2.45, 2.75) is 63.4 Å². The Morgan fingerprint density at radius 1 is 1.20 bits per heavy atom. The van der Waals surface area contributed by atoms with Crippen LogP contribution in [0.1, 0.15) is 45.2 Å². The van der Waals surface area contributed by atoms with Gasteiger partial charge in [-0.05, 0) is 44.7 Å². The second kappa shape index (κ2) is 8.18. The van der Waals surface area contributed by atoms with Gasteiger partial charge in [0, 0.05) is 20.0 Å². The van der Waals surface area contributed by atoms with Gasteiger partial charge in [0.05, 0.1) is 31.6 Å². The maximum atomic E-state index is 5.87. The molecule has 136 valence electrons. The molecule has 2 aliphatic rings. The number of aromatic nitrogens is 1. The van der Waals surface area contributed by atoms with E-state index >= 15 is 0 Å². The summed E-state index contributed by atoms with van der Waals surface area (Å²) in [6.45, 7) is 5.23. The second-order valence-corrected chi connectivity index (χ2v) is 6.96. The Morgan fingerprint density at radius 2 is 2.00 bits per heavy atom. The molecular formula is C20H27NO4. The first-order valence-corrected chi connectivity index (χ1v) is 9.03. The molecule has 2 fully saturated rings. The number of methoxy groups -OCH3 is 1. The highest BCUT2D eigenvalue weighted by Gasteiger charge is 2.42. The van der Waals surface area contributed by atoms with E-state index in [0.717, 1.165) is 37.1 Å². The summed E-state index contributed by atoms with van der Waals surface area (Å²) in [5.41, 5.74) is 0.446. The fourth-order valence-corrected chi connectivity index (χ4v) is 2.64. The summed E-state index contributed by atoms with van der Waals surface area (Å²) in [7, 11) is 1.74. The van der Waals surface area contributed by atoms with Crippen molar-refractivity contribution in [3.8, 4) is 17.6 Å². The van der Waals surface area contributed by atoms with Crippen molar-refractivity contribution in [2.24, 2.45) is 0 Å². The molecule has 5 heteroatoms. The maximum absolute atomic E-state index is 5.87. The minimum atomic E-state index is -0.293. The van der Waals surface area contributed by atoms with Crippen LogP contribution in [-0.4, -0.2) is 49.2 Å². The van der Waals surface area contributed by atoms with Crippen molar-refractivity contribution in [1.29, 1.82) is 0 Å². The van der Waals surface area contributed by atoms with Crippen LogP contribution < -0.4 is 4.74 Å². The van der Waals surface area contributed by atoms with Gasteiger partial charge in [0.25, 0.3) is 0 Å². The van der Waals surface area contributed by atoms with Crippen molar-refractivity contribution in [3.63, 3.8) is 0 Å². The second-order valence-electron chi connectivity index (χ2n) is 6.96. The zero-order valence-corrected chi connectivity index (χ0v) is 15.3. The first-order valence-electron chi connectivity index (χ1n) is 9.03. The predicted octanol–water partition coefficient (Wildman–Crippen LogP) is 2.96. The molecule has 2 aliphatic carbocycles. The number of ether oxygens (including phenoxy) is 4. The number of hydrogen-bond donors (Lipinski definition) is 0. The van der Waals surface area contributed by atoms with E-state index in [-0.39, 0.29) is 17.8 Å². The van der Waals surface area contributed by atoms with Gasteiger partial charge in [0.2, 0.25) is 0 Å². The minimum absolute atomic E-state index is 0.232. The van der Waals surface area contributed by atoms with Gasteiger partial charge in [0.15, 0.2) is 0 Å². The van der Waals surface area contributed by atoms with E-state index < -0.39 is 0 Å². The Morgan fingerprint density at radius 3 is 2.60 bits per heavy atom. The Labute approximate surface area is 150 Å². The van der Waals surface area contributed by atoms with Crippen molar-refractivity contribution in [3.05, 3.63) is 24.0 Å². The predicted molar refractivity (Wildman–Crippen MR) is 94.6 cm³/mol. The van der Waals surface area contributed by atoms with Gasteiger partial charge in [-0.1, -0.05) is 5.92 Å². The lowest BCUT2D eigenvalue weighted by atomic mass is 9.92. The molecule has 0 atom stereocenters. The average Bonchev–Trinajstić information content (AvgIpc) is 3.34. The zero-order valence-electron chi connectivity index (χ0n) is 15.3. The molecule has 0 saturated heterocycles. The Balaban J connectivity index is 1.45. The zero-order chi connectivity index (χ0) is 17.7. The van der Waals surface area contributed by atoms with E-state index in [0.29, 0.717) is 19.3 Å². The summed E-state index contributed by atoms with van der Waals surface area (Å²) < 4.78 is 22.5. The molecule has 0 amide bonds. The highest BCUT2D eigenvalue weighted by atomic mass is 16.5. The molecule has 0 spiro atoms. The van der Waals surface area contributed by atoms with Crippen molar-refractivity contribution in [1.82, 2.24) is 4.98 Å². The summed E-state index contributed by atoms with van der Waals surface area (Å²) in [5, 5.41) is 0. The van der Waals surface area contributed by atoms with Crippen LogP contribution >= 0.6 is 0 Å². The van der Waals surface area contributed by atoms with Gasteiger partial charge in [-0.2, -0.15) is 0 Å². The summed E-state index contributed by atoms with van der Waals surface area (Å²) in [5.74, 6) is 7.13. The summed E-state index contributed by atoms with van der Waals surface area (Å²) in [4.78, 5) is 4.37. The van der Waals surface area contributed by atoms with Gasteiger partial charge < -0.3 is 18.9 Å². The molecule has 0 aliphatic heterocycles. The Kier molecular flexibility index (Phi) is 5.95. The Bertz CT molecular complexity index is 607. The van der Waals surface area contributed by atoms with Gasteiger partial charge >= 0.3 is 0 Å². The van der Waals surface area contributed by atoms with E-state index in [9.17, 15) is 0 Å². The quantitative estimate of drug-likeness (QED) is 0.535. The Hall–Kier alpha value is -1.61. The van der Waals surface area contributed by atoms with Crippen molar-refractivity contribution >= 4 is 0 Å². The third-order valence-corrected chi connectivity index (χ3v) is 4.46. The third kappa shape index (κ3) is 5.43. The number of hydrogen-bond acceptors (Lipinski definition) is 5. The summed E-state index contributed by atoms with van der Waals surface area (Å²) >= 11 is 0. The van der Waals surface area contributed by atoms with E-state index in [1.807, 2.05) is 26.0 Å². The third-order valence-electron chi connectivity index (χ3n) is 4.46. The first-order chi connectivity index (χ1) is 12.1. The highest BCUT2D eigenvalue weighted by Crippen LogP contribution is 2.38. The average molecular weight is 345 g/mol. The molecule has 0 bridgehead atoms. The molecule has 5 nitrogen and oxygen atoms in total. The number of pyridine rings is 1. The maximum Gasteiger partial charge on any atom is 0.138 e. The van der Waals surface area contributed by atoms with Crippen molar-refractivity contribution in [2.75, 3.05) is 20.3 Å². The topological polar surface area (TPSA) is 49.8 Å². The van der Waals surface area contributed by atoms with Crippen LogP contribution in [0.15, 0.2) is 18.3 Å². The molecular weight excluding hydrogens is 318 g/mol. The van der Waals surface area contributed by atoms with E-state index in [2.05, 4.69) is 16.8 Å². The van der Waals surface area contributed by atoms with E-state index in [1.165, 1.54) is 0 Å². The van der Waals surface area contributed by atoms with Crippen LogP contribution in [0.4, 0.5) is 0 Å². The molecule has 1 heterocycles. The van der Waals surface area contributed by atoms with Crippen LogP contribution in [0.5, 0.6) is 5.75 Å². The molecule has 0 N–H and O–H groups in total. The highest BCUT2D eigenvalue weighted by molar-refractivity contribution is 5.35. The lowest BCUT2D eigenvalue weighted by Gasteiger charge is -2.33. The van der Waals surface area contributed by atoms with Gasteiger partial charge in [-0.25, -0.2) is 4.98 Å². The molecule has 0 aromatic carbocycles. The fraction of sp³-hybridized carbons (Fsp3) is 0.650. The van der Waals surface area contributed by atoms with Crippen LogP contribution in [0.25, 0.3) is 0 Å². The number of nitrogens with zero attached hydrogens (tertiary/aromatic N) is 1. The van der Waals surface area contributed by atoms with Gasteiger partial charge in [-0.15, -0.1) is 0 Å². The van der Waals surface area contributed by atoms with Crippen LogP contribution in [-0.2, 0) is 14.2 Å². The van der Waals surface area contributed by atoms with E-state index in [1.54, 1.807) is 13.3 Å². The molecule has 3 rings (SSSR count). The lowest BCUT2D eigenvalue weighted by Crippen LogP contribution is -2.38. The largest absolute Gasteiger partial charge is 0.489 e. The van der Waals surface area contributed by atoms with Crippen LogP contribution in [0.3, 0.4) is 0 Å². The minimum Gasteiger partial charge on any atom is -0.489 e. The van der Waals surface area contributed by atoms with E-state index in [4.69, 9.17) is 18.9 Å². The smallest absolute Gasteiger partial charge is 0.138 e. The molecule has 1 aromatic heterocycles. The molecule has 2 saturated carbocycles. The molecule has 0 unspecified atom stereocenters. The van der Waals surface area contributed by atoms with Crippen LogP contribution in [0, 0.1) is 11.8 Å². The van der Waals surface area contributed by atoms with Gasteiger partial charge in [0.1, 0.15) is 23.1 Å². The fourth-order valence-electron chi connectivity index (χ4n) is 2.64. The summed E-state index contributed by atoms with van der Waals surface area (Å²) in [6, 6.07) is 3.82. The molecule has 25 heavy (non-hydrogen) atoms. The van der Waals surface area contributed by atoms with Gasteiger partial charge in [-0.3, -0.25) is 0 Å². The SMILES string of the molecule is COC1CC(Oc2ccc(C#CC3(OCCOC(C)C)CC3)nc2)C1.